The normalized spacial score (nSPS) is 11.1. The van der Waals surface area contributed by atoms with Crippen LogP contribution in [0.15, 0.2) is 59.5 Å². The van der Waals surface area contributed by atoms with Crippen molar-refractivity contribution < 1.29 is 13.2 Å². The summed E-state index contributed by atoms with van der Waals surface area (Å²) in [6.07, 6.45) is 0. The molecule has 8 nitrogen and oxygen atoms in total. The molecule has 0 saturated heterocycles. The molecule has 0 aliphatic carbocycles. The molecule has 0 saturated carbocycles. The molecular formula is C23H27N5O3S. The van der Waals surface area contributed by atoms with Gasteiger partial charge in [-0.25, -0.2) is 18.4 Å². The summed E-state index contributed by atoms with van der Waals surface area (Å²) >= 11 is 0. The van der Waals surface area contributed by atoms with E-state index in [0.29, 0.717) is 22.9 Å². The van der Waals surface area contributed by atoms with Crippen molar-refractivity contribution in [3.05, 3.63) is 66.0 Å². The van der Waals surface area contributed by atoms with E-state index in [4.69, 9.17) is 0 Å². The van der Waals surface area contributed by atoms with Crippen LogP contribution in [-0.2, 0) is 10.0 Å². The molecule has 9 heteroatoms. The molecule has 3 aromatic rings. The SMILES string of the molecule is CCN(CC)c1cc(Nc2ccc(NS(=O)(=O)c3ccc(C(C)=O)cc3)cc2)nc(C)n1. The van der Waals surface area contributed by atoms with E-state index in [0.717, 1.165) is 24.6 Å². The standard InChI is InChI=1S/C23H27N5O3S/c1-5-28(6-2)23-15-22(24-17(4)25-23)26-19-9-11-20(12-10-19)27-32(30,31)21-13-7-18(8-14-21)16(3)29/h7-15,27H,5-6H2,1-4H3,(H,24,25,26). The number of anilines is 4. The highest BCUT2D eigenvalue weighted by Gasteiger charge is 2.15. The van der Waals surface area contributed by atoms with Crippen LogP contribution in [-0.4, -0.2) is 37.3 Å². The van der Waals surface area contributed by atoms with E-state index in [2.05, 4.69) is 38.8 Å². The molecule has 0 spiro atoms. The summed E-state index contributed by atoms with van der Waals surface area (Å²) < 4.78 is 27.8. The number of rotatable bonds is 9. The predicted molar refractivity (Wildman–Crippen MR) is 127 cm³/mol. The second-order valence-corrected chi connectivity index (χ2v) is 8.90. The Morgan fingerprint density at radius 3 is 2.09 bits per heavy atom. The largest absolute Gasteiger partial charge is 0.357 e. The molecule has 1 heterocycles. The van der Waals surface area contributed by atoms with E-state index in [9.17, 15) is 13.2 Å². The van der Waals surface area contributed by atoms with E-state index >= 15 is 0 Å². The molecule has 0 atom stereocenters. The lowest BCUT2D eigenvalue weighted by molar-refractivity contribution is 0.101. The number of benzene rings is 2. The monoisotopic (exact) mass is 453 g/mol. The van der Waals surface area contributed by atoms with Crippen LogP contribution in [0.2, 0.25) is 0 Å². The molecular weight excluding hydrogens is 426 g/mol. The van der Waals surface area contributed by atoms with Crippen molar-refractivity contribution in [2.45, 2.75) is 32.6 Å². The molecule has 1 aromatic heterocycles. The van der Waals surface area contributed by atoms with E-state index in [1.807, 2.05) is 13.0 Å². The molecule has 0 amide bonds. The van der Waals surface area contributed by atoms with Crippen molar-refractivity contribution in [3.8, 4) is 0 Å². The number of carbonyl (C=O) groups is 1. The van der Waals surface area contributed by atoms with Crippen LogP contribution in [0.25, 0.3) is 0 Å². The maximum Gasteiger partial charge on any atom is 0.261 e. The molecule has 0 aliphatic rings. The number of carbonyl (C=O) groups excluding carboxylic acids is 1. The van der Waals surface area contributed by atoms with Crippen molar-refractivity contribution in [2.24, 2.45) is 0 Å². The minimum absolute atomic E-state index is 0.0881. The van der Waals surface area contributed by atoms with Crippen LogP contribution in [0.5, 0.6) is 0 Å². The van der Waals surface area contributed by atoms with Gasteiger partial charge in [-0.1, -0.05) is 12.1 Å². The van der Waals surface area contributed by atoms with Crippen LogP contribution in [0.1, 0.15) is 37.0 Å². The van der Waals surface area contributed by atoms with Crippen LogP contribution in [0.3, 0.4) is 0 Å². The average molecular weight is 454 g/mol. The molecule has 168 valence electrons. The van der Waals surface area contributed by atoms with Gasteiger partial charge in [0.15, 0.2) is 5.78 Å². The Labute approximate surface area is 188 Å². The number of nitrogens with zero attached hydrogens (tertiary/aromatic N) is 3. The van der Waals surface area contributed by atoms with Gasteiger partial charge in [-0.3, -0.25) is 9.52 Å². The molecule has 0 aliphatic heterocycles. The van der Waals surface area contributed by atoms with Crippen LogP contribution >= 0.6 is 0 Å². The zero-order valence-corrected chi connectivity index (χ0v) is 19.4. The third kappa shape index (κ3) is 5.61. The molecule has 3 rings (SSSR count). The Morgan fingerprint density at radius 2 is 1.53 bits per heavy atom. The topological polar surface area (TPSA) is 104 Å². The molecule has 2 N–H and O–H groups in total. The first-order chi connectivity index (χ1) is 15.2. The summed E-state index contributed by atoms with van der Waals surface area (Å²) in [5.41, 5.74) is 1.65. The van der Waals surface area contributed by atoms with Crippen molar-refractivity contribution in [1.29, 1.82) is 0 Å². The van der Waals surface area contributed by atoms with Gasteiger partial charge in [0.1, 0.15) is 17.5 Å². The number of sulfonamides is 1. The van der Waals surface area contributed by atoms with Gasteiger partial charge < -0.3 is 10.2 Å². The number of hydrogen-bond donors (Lipinski definition) is 2. The Hall–Kier alpha value is -3.46. The summed E-state index contributed by atoms with van der Waals surface area (Å²) in [6, 6.07) is 14.6. The second kappa shape index (κ2) is 9.78. The molecule has 0 unspecified atom stereocenters. The van der Waals surface area contributed by atoms with E-state index < -0.39 is 10.0 Å². The molecule has 0 fully saturated rings. The van der Waals surface area contributed by atoms with Crippen LogP contribution in [0.4, 0.5) is 23.0 Å². The zero-order chi connectivity index (χ0) is 23.3. The number of nitrogens with one attached hydrogen (secondary N) is 2. The minimum Gasteiger partial charge on any atom is -0.357 e. The number of Topliss-reactive ketones (excluding diaryl/α,β-unsaturated/α-hetero) is 1. The van der Waals surface area contributed by atoms with Crippen molar-refractivity contribution in [3.63, 3.8) is 0 Å². The van der Waals surface area contributed by atoms with E-state index in [1.165, 1.54) is 31.2 Å². The number of ketones is 1. The van der Waals surface area contributed by atoms with Gasteiger partial charge in [0.05, 0.1) is 4.90 Å². The van der Waals surface area contributed by atoms with Gasteiger partial charge in [-0.05, 0) is 64.1 Å². The van der Waals surface area contributed by atoms with Gasteiger partial charge in [-0.15, -0.1) is 0 Å². The maximum atomic E-state index is 12.6. The number of hydrogen-bond acceptors (Lipinski definition) is 7. The third-order valence-electron chi connectivity index (χ3n) is 4.89. The number of aryl methyl sites for hydroxylation is 1. The van der Waals surface area contributed by atoms with Gasteiger partial charge in [0.25, 0.3) is 10.0 Å². The second-order valence-electron chi connectivity index (χ2n) is 7.22. The molecule has 32 heavy (non-hydrogen) atoms. The van der Waals surface area contributed by atoms with Gasteiger partial charge >= 0.3 is 0 Å². The lowest BCUT2D eigenvalue weighted by Crippen LogP contribution is -2.23. The highest BCUT2D eigenvalue weighted by atomic mass is 32.2. The Kier molecular flexibility index (Phi) is 7.09. The smallest absolute Gasteiger partial charge is 0.261 e. The van der Waals surface area contributed by atoms with Crippen molar-refractivity contribution in [1.82, 2.24) is 9.97 Å². The summed E-state index contributed by atoms with van der Waals surface area (Å²) in [6.45, 7) is 9.12. The van der Waals surface area contributed by atoms with E-state index in [-0.39, 0.29) is 10.7 Å². The minimum atomic E-state index is -3.76. The number of aromatic nitrogens is 2. The molecule has 2 aromatic carbocycles. The lowest BCUT2D eigenvalue weighted by Gasteiger charge is -2.20. The molecule has 0 radical (unpaired) electrons. The molecule has 0 bridgehead atoms. The highest BCUT2D eigenvalue weighted by Crippen LogP contribution is 2.23. The fourth-order valence-electron chi connectivity index (χ4n) is 3.18. The van der Waals surface area contributed by atoms with E-state index in [1.54, 1.807) is 24.3 Å². The van der Waals surface area contributed by atoms with Crippen LogP contribution < -0.4 is 14.9 Å². The summed E-state index contributed by atoms with van der Waals surface area (Å²) in [7, 11) is -3.76. The first kappa shape index (κ1) is 23.2. The summed E-state index contributed by atoms with van der Waals surface area (Å²) in [5, 5.41) is 3.24. The Bertz CT molecular complexity index is 1190. The Balaban J connectivity index is 1.73. The third-order valence-corrected chi connectivity index (χ3v) is 6.29. The quantitative estimate of drug-likeness (QED) is 0.463. The summed E-state index contributed by atoms with van der Waals surface area (Å²) in [4.78, 5) is 22.5. The lowest BCUT2D eigenvalue weighted by atomic mass is 10.2. The maximum absolute atomic E-state index is 12.6. The van der Waals surface area contributed by atoms with Crippen molar-refractivity contribution >= 4 is 38.8 Å². The fourth-order valence-corrected chi connectivity index (χ4v) is 4.24. The van der Waals surface area contributed by atoms with Gasteiger partial charge in [0, 0.05) is 36.1 Å². The Morgan fingerprint density at radius 1 is 0.938 bits per heavy atom. The summed E-state index contributed by atoms with van der Waals surface area (Å²) in [5.74, 6) is 2.06. The zero-order valence-electron chi connectivity index (χ0n) is 18.6. The first-order valence-electron chi connectivity index (χ1n) is 10.3. The van der Waals surface area contributed by atoms with Crippen molar-refractivity contribution in [2.75, 3.05) is 28.0 Å². The van der Waals surface area contributed by atoms with Gasteiger partial charge in [0.2, 0.25) is 0 Å². The average Bonchev–Trinajstić information content (AvgIpc) is 2.75. The highest BCUT2D eigenvalue weighted by molar-refractivity contribution is 7.92. The van der Waals surface area contributed by atoms with Crippen LogP contribution in [0, 0.1) is 6.92 Å². The predicted octanol–water partition coefficient (Wildman–Crippen LogP) is 4.38. The fraction of sp³-hybridized carbons (Fsp3) is 0.261. The first-order valence-corrected chi connectivity index (χ1v) is 11.8. The van der Waals surface area contributed by atoms with Gasteiger partial charge in [-0.2, -0.15) is 0 Å².